The number of benzene rings is 1. The predicted molar refractivity (Wildman–Crippen MR) is 97.4 cm³/mol. The van der Waals surface area contributed by atoms with Crippen LogP contribution in [0.3, 0.4) is 0 Å². The summed E-state index contributed by atoms with van der Waals surface area (Å²) in [5.74, 6) is 0.711. The van der Waals surface area contributed by atoms with E-state index >= 15 is 0 Å². The monoisotopic (exact) mass is 347 g/mol. The maximum absolute atomic E-state index is 12.5. The number of hydrogen-bond donors (Lipinski definition) is 2. The lowest BCUT2D eigenvalue weighted by Gasteiger charge is -2.32. The minimum atomic E-state index is -0.131. The zero-order valence-corrected chi connectivity index (χ0v) is 15.4. The molecule has 1 aromatic carbocycles. The number of urea groups is 1. The summed E-state index contributed by atoms with van der Waals surface area (Å²) in [7, 11) is 0. The van der Waals surface area contributed by atoms with Gasteiger partial charge in [0, 0.05) is 31.7 Å². The molecule has 2 N–H and O–H groups in total. The van der Waals surface area contributed by atoms with Crippen molar-refractivity contribution < 1.29 is 14.3 Å². The van der Waals surface area contributed by atoms with Crippen molar-refractivity contribution in [3.63, 3.8) is 0 Å². The molecule has 1 aromatic rings. The van der Waals surface area contributed by atoms with Gasteiger partial charge in [0.05, 0.1) is 12.0 Å². The van der Waals surface area contributed by atoms with Gasteiger partial charge >= 0.3 is 6.03 Å². The average molecular weight is 347 g/mol. The summed E-state index contributed by atoms with van der Waals surface area (Å²) in [6.45, 7) is 8.04. The molecule has 3 amide bonds. The number of amides is 3. The van der Waals surface area contributed by atoms with Gasteiger partial charge in [-0.2, -0.15) is 0 Å². The van der Waals surface area contributed by atoms with E-state index in [0.29, 0.717) is 26.2 Å². The quantitative estimate of drug-likeness (QED) is 0.831. The molecule has 6 nitrogen and oxygen atoms in total. The molecular formula is C19H29N3O3. The second-order valence-corrected chi connectivity index (χ2v) is 6.61. The number of carbonyl (C=O) groups is 2. The number of likely N-dealkylation sites (tertiary alicyclic amines) is 1. The Balaban J connectivity index is 1.91. The van der Waals surface area contributed by atoms with Crippen molar-refractivity contribution in [3.8, 4) is 5.75 Å². The third-order valence-corrected chi connectivity index (χ3v) is 4.20. The van der Waals surface area contributed by atoms with Gasteiger partial charge in [0.2, 0.25) is 5.91 Å². The van der Waals surface area contributed by atoms with Crippen molar-refractivity contribution in [1.82, 2.24) is 15.5 Å². The number of carbonyl (C=O) groups excluding carboxylic acids is 2. The molecule has 1 atom stereocenters. The normalized spacial score (nSPS) is 17.3. The first-order valence-electron chi connectivity index (χ1n) is 9.06. The smallest absolute Gasteiger partial charge is 0.317 e. The van der Waals surface area contributed by atoms with Crippen LogP contribution in [0.1, 0.15) is 39.2 Å². The van der Waals surface area contributed by atoms with Crippen LogP contribution in [0.5, 0.6) is 5.75 Å². The van der Waals surface area contributed by atoms with Crippen LogP contribution >= 0.6 is 0 Å². The first-order chi connectivity index (χ1) is 12.0. The SMILES string of the molecule is CCNC(=O)[C@@H]1CCCN(C(=O)NCc2ccccc2OC(C)C)C1. The standard InChI is InChI=1S/C19H29N3O3/c1-4-20-18(23)16-9-7-11-22(13-16)19(24)21-12-15-8-5-6-10-17(15)25-14(2)3/h5-6,8,10,14,16H,4,7,9,11-13H2,1-3H3,(H,20,23)(H,21,24)/t16-/m1/s1. The van der Waals surface area contributed by atoms with E-state index in [2.05, 4.69) is 10.6 Å². The molecule has 1 aliphatic heterocycles. The van der Waals surface area contributed by atoms with Gasteiger partial charge < -0.3 is 20.3 Å². The molecule has 0 aliphatic carbocycles. The summed E-state index contributed by atoms with van der Waals surface area (Å²) in [5.41, 5.74) is 0.946. The van der Waals surface area contributed by atoms with Gasteiger partial charge in [0.1, 0.15) is 5.75 Å². The molecule has 6 heteroatoms. The molecule has 138 valence electrons. The van der Waals surface area contributed by atoms with Crippen LogP contribution in [0.25, 0.3) is 0 Å². The maximum atomic E-state index is 12.5. The summed E-state index contributed by atoms with van der Waals surface area (Å²) in [6, 6.07) is 7.58. The Morgan fingerprint density at radius 1 is 1.28 bits per heavy atom. The number of ether oxygens (including phenoxy) is 1. The van der Waals surface area contributed by atoms with Crippen molar-refractivity contribution in [3.05, 3.63) is 29.8 Å². The molecule has 1 fully saturated rings. The molecule has 1 saturated heterocycles. The third-order valence-electron chi connectivity index (χ3n) is 4.20. The summed E-state index contributed by atoms with van der Waals surface area (Å²) in [5, 5.41) is 5.79. The lowest BCUT2D eigenvalue weighted by molar-refractivity contribution is -0.126. The van der Waals surface area contributed by atoms with Crippen LogP contribution < -0.4 is 15.4 Å². The van der Waals surface area contributed by atoms with Crippen molar-refractivity contribution in [2.24, 2.45) is 5.92 Å². The molecule has 2 rings (SSSR count). The molecule has 0 unspecified atom stereocenters. The Morgan fingerprint density at radius 2 is 2.04 bits per heavy atom. The number of para-hydroxylation sites is 1. The van der Waals surface area contributed by atoms with E-state index in [1.54, 1.807) is 4.90 Å². The van der Waals surface area contributed by atoms with Gasteiger partial charge in [0.25, 0.3) is 0 Å². The van der Waals surface area contributed by atoms with E-state index in [0.717, 1.165) is 24.2 Å². The zero-order valence-electron chi connectivity index (χ0n) is 15.4. The lowest BCUT2D eigenvalue weighted by Crippen LogP contribution is -2.48. The fourth-order valence-corrected chi connectivity index (χ4v) is 3.00. The molecule has 1 aliphatic rings. The maximum Gasteiger partial charge on any atom is 0.317 e. The Labute approximate surface area is 149 Å². The van der Waals surface area contributed by atoms with Crippen molar-refractivity contribution in [2.45, 2.75) is 46.3 Å². The van der Waals surface area contributed by atoms with E-state index in [4.69, 9.17) is 4.74 Å². The highest BCUT2D eigenvalue weighted by molar-refractivity contribution is 5.80. The van der Waals surface area contributed by atoms with Crippen molar-refractivity contribution in [2.75, 3.05) is 19.6 Å². The average Bonchev–Trinajstić information content (AvgIpc) is 2.60. The topological polar surface area (TPSA) is 70.7 Å². The second-order valence-electron chi connectivity index (χ2n) is 6.61. The van der Waals surface area contributed by atoms with E-state index < -0.39 is 0 Å². The van der Waals surface area contributed by atoms with Crippen LogP contribution in [-0.2, 0) is 11.3 Å². The Hall–Kier alpha value is -2.24. The lowest BCUT2D eigenvalue weighted by atomic mass is 9.97. The van der Waals surface area contributed by atoms with Crippen LogP contribution in [0.15, 0.2) is 24.3 Å². The van der Waals surface area contributed by atoms with Crippen molar-refractivity contribution >= 4 is 11.9 Å². The molecule has 0 aromatic heterocycles. The highest BCUT2D eigenvalue weighted by Gasteiger charge is 2.28. The summed E-state index contributed by atoms with van der Waals surface area (Å²) >= 11 is 0. The van der Waals surface area contributed by atoms with Gasteiger partial charge in [-0.25, -0.2) is 4.79 Å². The van der Waals surface area contributed by atoms with Gasteiger partial charge in [-0.05, 0) is 39.7 Å². The van der Waals surface area contributed by atoms with Crippen LogP contribution in [0.4, 0.5) is 4.79 Å². The molecule has 1 heterocycles. The van der Waals surface area contributed by atoms with Gasteiger partial charge in [-0.3, -0.25) is 4.79 Å². The zero-order chi connectivity index (χ0) is 18.2. The van der Waals surface area contributed by atoms with Gasteiger partial charge in [0.15, 0.2) is 0 Å². The largest absolute Gasteiger partial charge is 0.491 e. The second kappa shape index (κ2) is 9.30. The van der Waals surface area contributed by atoms with Gasteiger partial charge in [-0.1, -0.05) is 18.2 Å². The summed E-state index contributed by atoms with van der Waals surface area (Å²) in [6.07, 6.45) is 1.76. The van der Waals surface area contributed by atoms with Gasteiger partial charge in [-0.15, -0.1) is 0 Å². The Morgan fingerprint density at radius 3 is 2.76 bits per heavy atom. The van der Waals surface area contributed by atoms with E-state index in [-0.39, 0.29) is 24.0 Å². The Kier molecular flexibility index (Phi) is 7.10. The fourth-order valence-electron chi connectivity index (χ4n) is 3.00. The first kappa shape index (κ1) is 19.1. The van der Waals surface area contributed by atoms with Crippen molar-refractivity contribution in [1.29, 1.82) is 0 Å². The van der Waals surface area contributed by atoms with Crippen LogP contribution in [-0.4, -0.2) is 42.6 Å². The number of hydrogen-bond acceptors (Lipinski definition) is 3. The summed E-state index contributed by atoms with van der Waals surface area (Å²) < 4.78 is 5.78. The number of nitrogens with one attached hydrogen (secondary N) is 2. The number of piperidine rings is 1. The number of rotatable bonds is 6. The third kappa shape index (κ3) is 5.66. The van der Waals surface area contributed by atoms with Crippen LogP contribution in [0.2, 0.25) is 0 Å². The predicted octanol–water partition coefficient (Wildman–Crippen LogP) is 2.53. The molecule has 0 saturated carbocycles. The minimum absolute atomic E-state index is 0.0377. The van der Waals surface area contributed by atoms with E-state index in [9.17, 15) is 9.59 Å². The molecule has 0 spiro atoms. The first-order valence-corrected chi connectivity index (χ1v) is 9.06. The van der Waals surface area contributed by atoms with E-state index in [1.165, 1.54) is 0 Å². The van der Waals surface area contributed by atoms with E-state index in [1.807, 2.05) is 45.0 Å². The summed E-state index contributed by atoms with van der Waals surface area (Å²) in [4.78, 5) is 26.2. The molecule has 0 radical (unpaired) electrons. The fraction of sp³-hybridized carbons (Fsp3) is 0.579. The minimum Gasteiger partial charge on any atom is -0.491 e. The Bertz CT molecular complexity index is 589. The molecular weight excluding hydrogens is 318 g/mol. The highest BCUT2D eigenvalue weighted by atomic mass is 16.5. The number of nitrogens with zero attached hydrogens (tertiary/aromatic N) is 1. The highest BCUT2D eigenvalue weighted by Crippen LogP contribution is 2.20. The van der Waals surface area contributed by atoms with Crippen LogP contribution in [0, 0.1) is 5.92 Å². The molecule has 25 heavy (non-hydrogen) atoms. The molecule has 0 bridgehead atoms.